The number of carbonyl (C=O) groups is 3. The van der Waals surface area contributed by atoms with E-state index >= 15 is 0 Å². The van der Waals surface area contributed by atoms with Crippen molar-refractivity contribution in [2.45, 2.75) is 17.7 Å². The highest BCUT2D eigenvalue weighted by atomic mass is 35.5. The van der Waals surface area contributed by atoms with E-state index in [1.165, 1.54) is 24.1 Å². The maximum atomic E-state index is 12.2. The molecule has 148 valence electrons. The van der Waals surface area contributed by atoms with Crippen molar-refractivity contribution < 1.29 is 32.3 Å². The lowest BCUT2D eigenvalue weighted by Crippen LogP contribution is -2.42. The molecule has 0 aliphatic carbocycles. The van der Waals surface area contributed by atoms with Crippen molar-refractivity contribution in [1.82, 2.24) is 4.90 Å². The molecule has 1 fully saturated rings. The van der Waals surface area contributed by atoms with Crippen LogP contribution in [0.25, 0.3) is 0 Å². The van der Waals surface area contributed by atoms with Crippen LogP contribution in [-0.4, -0.2) is 64.2 Å². The first-order valence-electron chi connectivity index (χ1n) is 8.16. The second kappa shape index (κ2) is 8.71. The van der Waals surface area contributed by atoms with Crippen LogP contribution in [0.1, 0.15) is 23.2 Å². The van der Waals surface area contributed by atoms with Gasteiger partial charge in [-0.15, -0.1) is 0 Å². The molecule has 1 amide bonds. The van der Waals surface area contributed by atoms with Crippen molar-refractivity contribution >= 4 is 39.3 Å². The summed E-state index contributed by atoms with van der Waals surface area (Å²) in [6, 6.07) is 3.69. The number of esters is 2. The lowest BCUT2D eigenvalue weighted by molar-refractivity contribution is -0.149. The van der Waals surface area contributed by atoms with E-state index in [4.69, 9.17) is 21.1 Å². The zero-order valence-electron chi connectivity index (χ0n) is 14.9. The number of halogens is 1. The molecule has 1 aliphatic rings. The van der Waals surface area contributed by atoms with Gasteiger partial charge in [0.2, 0.25) is 0 Å². The first kappa shape index (κ1) is 21.2. The Morgan fingerprint density at radius 2 is 1.85 bits per heavy atom. The van der Waals surface area contributed by atoms with Crippen LogP contribution in [0.4, 0.5) is 0 Å². The molecule has 0 unspecified atom stereocenters. The molecule has 1 aliphatic heterocycles. The van der Waals surface area contributed by atoms with Crippen LogP contribution in [0.15, 0.2) is 23.1 Å². The highest BCUT2D eigenvalue weighted by Gasteiger charge is 2.28. The molecule has 1 heterocycles. The monoisotopic (exact) mass is 417 g/mol. The largest absolute Gasteiger partial charge is 0.469 e. The van der Waals surface area contributed by atoms with Crippen molar-refractivity contribution in [1.29, 1.82) is 0 Å². The fraction of sp³-hybridized carbons (Fsp3) is 0.471. The van der Waals surface area contributed by atoms with Gasteiger partial charge in [-0.3, -0.25) is 9.59 Å². The van der Waals surface area contributed by atoms with Gasteiger partial charge in [0.05, 0.1) is 28.5 Å². The minimum atomic E-state index is -3.52. The first-order valence-corrected chi connectivity index (χ1v) is 10.4. The molecule has 1 saturated heterocycles. The number of hydrogen-bond donors (Lipinski definition) is 0. The van der Waals surface area contributed by atoms with Crippen molar-refractivity contribution in [3.8, 4) is 0 Å². The average Bonchev–Trinajstić information content (AvgIpc) is 2.64. The van der Waals surface area contributed by atoms with Gasteiger partial charge < -0.3 is 14.4 Å². The van der Waals surface area contributed by atoms with E-state index in [-0.39, 0.29) is 27.4 Å². The highest BCUT2D eigenvalue weighted by molar-refractivity contribution is 7.90. The number of benzene rings is 1. The molecular weight excluding hydrogens is 398 g/mol. The van der Waals surface area contributed by atoms with E-state index in [0.717, 1.165) is 12.3 Å². The van der Waals surface area contributed by atoms with E-state index in [9.17, 15) is 22.8 Å². The van der Waals surface area contributed by atoms with Crippen LogP contribution in [0.3, 0.4) is 0 Å². The third-order valence-electron chi connectivity index (χ3n) is 4.29. The molecule has 1 aromatic rings. The molecule has 27 heavy (non-hydrogen) atoms. The topological polar surface area (TPSA) is 107 Å². The van der Waals surface area contributed by atoms with E-state index in [0.29, 0.717) is 25.9 Å². The van der Waals surface area contributed by atoms with Crippen LogP contribution in [0.5, 0.6) is 0 Å². The van der Waals surface area contributed by atoms with Gasteiger partial charge in [0.15, 0.2) is 16.4 Å². The molecular formula is C17H20ClNO7S. The van der Waals surface area contributed by atoms with Crippen LogP contribution >= 0.6 is 11.6 Å². The van der Waals surface area contributed by atoms with E-state index in [2.05, 4.69) is 0 Å². The molecule has 0 saturated carbocycles. The van der Waals surface area contributed by atoms with Gasteiger partial charge in [0.25, 0.3) is 5.91 Å². The molecule has 1 aromatic carbocycles. The number of amides is 1. The lowest BCUT2D eigenvalue weighted by Gasteiger charge is -2.30. The van der Waals surface area contributed by atoms with E-state index < -0.39 is 28.3 Å². The summed E-state index contributed by atoms with van der Waals surface area (Å²) in [6.07, 6.45) is 1.97. The second-order valence-electron chi connectivity index (χ2n) is 6.17. The molecule has 0 radical (unpaired) electrons. The van der Waals surface area contributed by atoms with E-state index in [1.807, 2.05) is 0 Å². The lowest BCUT2D eigenvalue weighted by atomic mass is 9.97. The normalized spacial score (nSPS) is 15.3. The fourth-order valence-electron chi connectivity index (χ4n) is 2.72. The number of nitrogens with zero attached hydrogens (tertiary/aromatic N) is 1. The summed E-state index contributed by atoms with van der Waals surface area (Å²) in [6.45, 7) is 0.224. The van der Waals surface area contributed by atoms with Gasteiger partial charge in [0.1, 0.15) is 0 Å². The number of rotatable bonds is 5. The quantitative estimate of drug-likeness (QED) is 0.664. The molecule has 0 atom stereocenters. The Morgan fingerprint density at radius 1 is 1.22 bits per heavy atom. The maximum Gasteiger partial charge on any atom is 0.340 e. The molecule has 0 spiro atoms. The van der Waals surface area contributed by atoms with Crippen LogP contribution in [0.2, 0.25) is 5.02 Å². The fourth-order valence-corrected chi connectivity index (χ4v) is 3.56. The third kappa shape index (κ3) is 5.43. The van der Waals surface area contributed by atoms with Crippen LogP contribution < -0.4 is 0 Å². The van der Waals surface area contributed by atoms with Crippen LogP contribution in [0, 0.1) is 5.92 Å². The Labute approximate surface area is 162 Å². The SMILES string of the molecule is COC(=O)C1CCN(C(=O)COC(=O)c2cc(S(C)(=O)=O)ccc2Cl)CC1. The zero-order chi connectivity index (χ0) is 20.2. The highest BCUT2D eigenvalue weighted by Crippen LogP contribution is 2.22. The molecule has 0 N–H and O–H groups in total. The van der Waals surface area contributed by atoms with Crippen molar-refractivity contribution in [2.24, 2.45) is 5.92 Å². The zero-order valence-corrected chi connectivity index (χ0v) is 16.5. The summed E-state index contributed by atoms with van der Waals surface area (Å²) in [5, 5.41) is 0.0266. The van der Waals surface area contributed by atoms with Gasteiger partial charge >= 0.3 is 11.9 Å². The Hall–Kier alpha value is -2.13. The predicted octanol–water partition coefficient (Wildman–Crippen LogP) is 1.31. The number of methoxy groups -OCH3 is 1. The first-order chi connectivity index (χ1) is 12.6. The molecule has 0 aromatic heterocycles. The minimum absolute atomic E-state index is 0.0266. The minimum Gasteiger partial charge on any atom is -0.469 e. The summed E-state index contributed by atoms with van der Waals surface area (Å²) in [7, 11) is -2.20. The third-order valence-corrected chi connectivity index (χ3v) is 5.73. The Bertz CT molecular complexity index is 845. The number of carbonyl (C=O) groups excluding carboxylic acids is 3. The molecule has 0 bridgehead atoms. The number of sulfone groups is 1. The smallest absolute Gasteiger partial charge is 0.340 e. The van der Waals surface area contributed by atoms with Crippen molar-refractivity contribution in [2.75, 3.05) is 33.1 Å². The molecule has 8 nitrogen and oxygen atoms in total. The Kier molecular flexibility index (Phi) is 6.83. The van der Waals surface area contributed by atoms with Gasteiger partial charge in [-0.2, -0.15) is 0 Å². The summed E-state index contributed by atoms with van der Waals surface area (Å²) < 4.78 is 32.9. The second-order valence-corrected chi connectivity index (χ2v) is 8.59. The predicted molar refractivity (Wildman–Crippen MR) is 96.2 cm³/mol. The Morgan fingerprint density at radius 3 is 2.41 bits per heavy atom. The average molecular weight is 418 g/mol. The van der Waals surface area contributed by atoms with Gasteiger partial charge in [-0.1, -0.05) is 11.6 Å². The van der Waals surface area contributed by atoms with Crippen LogP contribution in [-0.2, 0) is 28.9 Å². The number of piperidine rings is 1. The number of hydrogen-bond acceptors (Lipinski definition) is 7. The maximum absolute atomic E-state index is 12.2. The van der Waals surface area contributed by atoms with Gasteiger partial charge in [0, 0.05) is 19.3 Å². The number of ether oxygens (including phenoxy) is 2. The summed E-state index contributed by atoms with van der Waals surface area (Å²) >= 11 is 5.93. The molecule has 10 heteroatoms. The number of likely N-dealkylation sites (tertiary alicyclic amines) is 1. The summed E-state index contributed by atoms with van der Waals surface area (Å²) in [5.41, 5.74) is -0.128. The standard InChI is InChI=1S/C17H20ClNO7S/c1-25-16(21)11-5-7-19(8-6-11)15(20)10-26-17(22)13-9-12(27(2,23)24)3-4-14(13)18/h3-4,9,11H,5-8,10H2,1-2H3. The van der Waals surface area contributed by atoms with Gasteiger partial charge in [-0.25, -0.2) is 13.2 Å². The summed E-state index contributed by atoms with van der Waals surface area (Å²) in [5.74, 6) is -1.82. The molecule has 2 rings (SSSR count). The van der Waals surface area contributed by atoms with Gasteiger partial charge in [-0.05, 0) is 31.0 Å². The van der Waals surface area contributed by atoms with E-state index in [1.54, 1.807) is 0 Å². The summed E-state index contributed by atoms with van der Waals surface area (Å²) in [4.78, 5) is 37.3. The Balaban J connectivity index is 1.94. The van der Waals surface area contributed by atoms with Crippen molar-refractivity contribution in [3.05, 3.63) is 28.8 Å². The van der Waals surface area contributed by atoms with Crippen molar-refractivity contribution in [3.63, 3.8) is 0 Å².